The molecule has 21 heavy (non-hydrogen) atoms. The second-order valence-electron chi connectivity index (χ2n) is 4.30. The summed E-state index contributed by atoms with van der Waals surface area (Å²) >= 11 is 3.19. The van der Waals surface area contributed by atoms with E-state index in [0.717, 1.165) is 0 Å². The number of carbonyl (C=O) groups is 1. The molecule has 2 aromatic rings. The number of nitrogens with one attached hydrogen (secondary N) is 1. The van der Waals surface area contributed by atoms with Gasteiger partial charge in [0, 0.05) is 16.6 Å². The van der Waals surface area contributed by atoms with Crippen LogP contribution >= 0.6 is 15.9 Å². The van der Waals surface area contributed by atoms with E-state index in [0.29, 0.717) is 15.7 Å². The summed E-state index contributed by atoms with van der Waals surface area (Å²) in [6.45, 7) is 0. The highest BCUT2D eigenvalue weighted by Crippen LogP contribution is 2.27. The molecule has 0 bridgehead atoms. The van der Waals surface area contributed by atoms with E-state index in [1.54, 1.807) is 24.3 Å². The highest BCUT2D eigenvalue weighted by Gasteiger charge is 2.17. The normalized spacial score (nSPS) is 11.7. The van der Waals surface area contributed by atoms with Gasteiger partial charge in [-0.05, 0) is 27.6 Å². The predicted octanol–water partition coefficient (Wildman–Crippen LogP) is 3.00. The molecule has 0 aliphatic rings. The number of non-ortho nitro benzene ring substituents is 1. The third-order valence-corrected chi connectivity index (χ3v) is 3.52. The summed E-state index contributed by atoms with van der Waals surface area (Å²) in [5.41, 5.74) is 6.93. The summed E-state index contributed by atoms with van der Waals surface area (Å²) in [5, 5.41) is 13.3. The lowest BCUT2D eigenvalue weighted by molar-refractivity contribution is -0.384. The molecule has 1 unspecified atom stereocenters. The van der Waals surface area contributed by atoms with Gasteiger partial charge in [0.2, 0.25) is 5.91 Å². The summed E-state index contributed by atoms with van der Waals surface area (Å²) < 4.78 is 0.422. The highest BCUT2D eigenvalue weighted by atomic mass is 79.9. The largest absolute Gasteiger partial charge is 0.323 e. The molecule has 0 aromatic heterocycles. The van der Waals surface area contributed by atoms with Crippen molar-refractivity contribution in [2.45, 2.75) is 6.04 Å². The Labute approximate surface area is 129 Å². The van der Waals surface area contributed by atoms with Gasteiger partial charge in [-0.3, -0.25) is 14.9 Å². The minimum atomic E-state index is -0.812. The molecule has 108 valence electrons. The maximum Gasteiger partial charge on any atom is 0.270 e. The van der Waals surface area contributed by atoms with Gasteiger partial charge >= 0.3 is 0 Å². The number of hydrogen-bond acceptors (Lipinski definition) is 4. The number of amides is 1. The van der Waals surface area contributed by atoms with Gasteiger partial charge in [0.25, 0.3) is 5.69 Å². The van der Waals surface area contributed by atoms with E-state index in [1.807, 2.05) is 6.07 Å². The van der Waals surface area contributed by atoms with Gasteiger partial charge in [-0.1, -0.05) is 30.3 Å². The molecular weight excluding hydrogens is 338 g/mol. The van der Waals surface area contributed by atoms with E-state index in [4.69, 9.17) is 5.73 Å². The number of anilines is 1. The van der Waals surface area contributed by atoms with Crippen LogP contribution in [0.25, 0.3) is 0 Å². The van der Waals surface area contributed by atoms with Crippen molar-refractivity contribution >= 4 is 33.2 Å². The zero-order chi connectivity index (χ0) is 15.4. The summed E-state index contributed by atoms with van der Waals surface area (Å²) in [5.74, 6) is -0.393. The number of carbonyl (C=O) groups excluding carboxylic acids is 1. The van der Waals surface area contributed by atoms with Gasteiger partial charge in [-0.25, -0.2) is 0 Å². The second-order valence-corrected chi connectivity index (χ2v) is 5.15. The Bertz CT molecular complexity index is 676. The monoisotopic (exact) mass is 349 g/mol. The van der Waals surface area contributed by atoms with Crippen molar-refractivity contribution < 1.29 is 9.72 Å². The lowest BCUT2D eigenvalue weighted by Crippen LogP contribution is -2.27. The third-order valence-electron chi connectivity index (χ3n) is 2.86. The first-order chi connectivity index (χ1) is 9.99. The molecule has 0 radical (unpaired) electrons. The zero-order valence-electron chi connectivity index (χ0n) is 10.8. The van der Waals surface area contributed by atoms with Crippen LogP contribution in [-0.4, -0.2) is 10.8 Å². The lowest BCUT2D eigenvalue weighted by Gasteiger charge is -2.13. The summed E-state index contributed by atoms with van der Waals surface area (Å²) in [6, 6.07) is 12.2. The van der Waals surface area contributed by atoms with Crippen LogP contribution in [-0.2, 0) is 4.79 Å². The predicted molar refractivity (Wildman–Crippen MR) is 82.8 cm³/mol. The van der Waals surface area contributed by atoms with Crippen LogP contribution in [0, 0.1) is 10.1 Å². The molecule has 2 aromatic carbocycles. The first-order valence-electron chi connectivity index (χ1n) is 6.04. The van der Waals surface area contributed by atoms with E-state index < -0.39 is 16.9 Å². The number of benzene rings is 2. The van der Waals surface area contributed by atoms with E-state index in [2.05, 4.69) is 21.2 Å². The Morgan fingerprint density at radius 2 is 1.90 bits per heavy atom. The number of nitro benzene ring substituents is 1. The van der Waals surface area contributed by atoms with E-state index >= 15 is 0 Å². The van der Waals surface area contributed by atoms with Crippen molar-refractivity contribution in [2.75, 3.05) is 5.32 Å². The van der Waals surface area contributed by atoms with Gasteiger partial charge in [-0.15, -0.1) is 0 Å². The van der Waals surface area contributed by atoms with Gasteiger partial charge in [0.15, 0.2) is 0 Å². The maximum absolute atomic E-state index is 12.1. The molecule has 0 spiro atoms. The van der Waals surface area contributed by atoms with Gasteiger partial charge in [0.1, 0.15) is 6.04 Å². The second kappa shape index (κ2) is 6.47. The van der Waals surface area contributed by atoms with Crippen molar-refractivity contribution in [1.82, 2.24) is 0 Å². The Hall–Kier alpha value is -2.25. The van der Waals surface area contributed by atoms with Crippen molar-refractivity contribution in [3.8, 4) is 0 Å². The van der Waals surface area contributed by atoms with Crippen molar-refractivity contribution in [1.29, 1.82) is 0 Å². The Morgan fingerprint density at radius 1 is 1.24 bits per heavy atom. The molecule has 0 saturated carbocycles. The molecule has 3 N–H and O–H groups in total. The van der Waals surface area contributed by atoms with Crippen molar-refractivity contribution in [2.24, 2.45) is 5.73 Å². The van der Waals surface area contributed by atoms with Crippen LogP contribution in [0.4, 0.5) is 11.4 Å². The summed E-state index contributed by atoms with van der Waals surface area (Å²) in [6.07, 6.45) is 0. The summed E-state index contributed by atoms with van der Waals surface area (Å²) in [4.78, 5) is 22.2. The number of nitro groups is 1. The number of halogens is 1. The molecule has 0 aliphatic heterocycles. The average Bonchev–Trinajstić information content (AvgIpc) is 2.49. The molecule has 7 heteroatoms. The lowest BCUT2D eigenvalue weighted by atomic mass is 10.1. The molecule has 1 amide bonds. The standard InChI is InChI=1S/C14H12BrN3O3/c15-11-8-10(18(20)21)6-7-12(11)17-14(19)13(16)9-4-2-1-3-5-9/h1-8,13H,16H2,(H,17,19). The summed E-state index contributed by atoms with van der Waals surface area (Å²) in [7, 11) is 0. The topological polar surface area (TPSA) is 98.3 Å². The molecular formula is C14H12BrN3O3. The quantitative estimate of drug-likeness (QED) is 0.654. The molecule has 0 aliphatic carbocycles. The van der Waals surface area contributed by atoms with Crippen LogP contribution in [0.2, 0.25) is 0 Å². The first-order valence-corrected chi connectivity index (χ1v) is 6.83. The zero-order valence-corrected chi connectivity index (χ0v) is 12.4. The third kappa shape index (κ3) is 3.65. The van der Waals surface area contributed by atoms with Crippen LogP contribution in [0.15, 0.2) is 53.0 Å². The Morgan fingerprint density at radius 3 is 2.48 bits per heavy atom. The maximum atomic E-state index is 12.1. The fourth-order valence-electron chi connectivity index (χ4n) is 1.74. The van der Waals surface area contributed by atoms with E-state index in [-0.39, 0.29) is 5.69 Å². The first kappa shape index (κ1) is 15.1. The van der Waals surface area contributed by atoms with Crippen LogP contribution in [0.1, 0.15) is 11.6 Å². The Kier molecular flexibility index (Phi) is 4.66. The fraction of sp³-hybridized carbons (Fsp3) is 0.0714. The number of rotatable bonds is 4. The fourth-order valence-corrected chi connectivity index (χ4v) is 2.21. The van der Waals surface area contributed by atoms with Gasteiger partial charge in [-0.2, -0.15) is 0 Å². The molecule has 0 fully saturated rings. The van der Waals surface area contributed by atoms with E-state index in [9.17, 15) is 14.9 Å². The van der Waals surface area contributed by atoms with Crippen molar-refractivity contribution in [3.05, 3.63) is 68.7 Å². The van der Waals surface area contributed by atoms with E-state index in [1.165, 1.54) is 18.2 Å². The van der Waals surface area contributed by atoms with Crippen molar-refractivity contribution in [3.63, 3.8) is 0 Å². The number of nitrogens with zero attached hydrogens (tertiary/aromatic N) is 1. The van der Waals surface area contributed by atoms with Crippen LogP contribution in [0.5, 0.6) is 0 Å². The number of hydrogen-bond donors (Lipinski definition) is 2. The average molecular weight is 350 g/mol. The minimum absolute atomic E-state index is 0.0627. The molecule has 0 saturated heterocycles. The Balaban J connectivity index is 2.15. The SMILES string of the molecule is NC(C(=O)Nc1ccc([N+](=O)[O-])cc1Br)c1ccccc1. The minimum Gasteiger partial charge on any atom is -0.323 e. The van der Waals surface area contributed by atoms with Gasteiger partial charge < -0.3 is 11.1 Å². The molecule has 2 rings (SSSR count). The molecule has 6 nitrogen and oxygen atoms in total. The van der Waals surface area contributed by atoms with Crippen LogP contribution in [0.3, 0.4) is 0 Å². The highest BCUT2D eigenvalue weighted by molar-refractivity contribution is 9.10. The van der Waals surface area contributed by atoms with Gasteiger partial charge in [0.05, 0.1) is 10.6 Å². The van der Waals surface area contributed by atoms with Crippen LogP contribution < -0.4 is 11.1 Å². The smallest absolute Gasteiger partial charge is 0.270 e. The molecule has 0 heterocycles. The number of nitrogens with two attached hydrogens (primary N) is 1. The molecule has 1 atom stereocenters.